The average molecular weight is 306 g/mol. The molecular weight excluding hydrogens is 280 g/mol. The van der Waals surface area contributed by atoms with Crippen molar-refractivity contribution in [3.8, 4) is 0 Å². The molecule has 1 aliphatic heterocycles. The Kier molecular flexibility index (Phi) is 3.93. The molecular formula is C17H26N2O3. The first-order valence-electron chi connectivity index (χ1n) is 8.19. The topological polar surface area (TPSA) is 63.5 Å². The van der Waals surface area contributed by atoms with E-state index in [1.807, 2.05) is 20.8 Å². The van der Waals surface area contributed by atoms with Crippen molar-refractivity contribution in [1.29, 1.82) is 0 Å². The van der Waals surface area contributed by atoms with Crippen LogP contribution in [0.1, 0.15) is 57.8 Å². The fraction of sp³-hybridized carbons (Fsp3) is 0.706. The Hall–Kier alpha value is -1.49. The summed E-state index contributed by atoms with van der Waals surface area (Å²) < 4.78 is 11.0. The standard InChI is InChI=1S/C17H26N2O3/c1-16(2,3)22-15(20)19-12-5-4-8-17(11-12)13-7-10-21-14(13)6-9-18-17/h7,10,12,18H,4-6,8-9,11H2,1-3H3,(H,19,20). The second kappa shape index (κ2) is 5.61. The van der Waals surface area contributed by atoms with E-state index in [1.165, 1.54) is 5.56 Å². The van der Waals surface area contributed by atoms with Crippen LogP contribution in [0.2, 0.25) is 0 Å². The van der Waals surface area contributed by atoms with Crippen molar-refractivity contribution in [3.63, 3.8) is 0 Å². The summed E-state index contributed by atoms with van der Waals surface area (Å²) in [5.74, 6) is 1.09. The number of amides is 1. The van der Waals surface area contributed by atoms with Crippen LogP contribution in [-0.4, -0.2) is 24.3 Å². The molecule has 0 radical (unpaired) electrons. The number of nitrogens with one attached hydrogen (secondary N) is 2. The third-order valence-electron chi connectivity index (χ3n) is 4.55. The highest BCUT2D eigenvalue weighted by atomic mass is 16.6. The Labute approximate surface area is 131 Å². The van der Waals surface area contributed by atoms with Gasteiger partial charge in [0.05, 0.1) is 6.26 Å². The summed E-state index contributed by atoms with van der Waals surface area (Å²) in [7, 11) is 0. The number of alkyl carbamates (subject to hydrolysis) is 1. The van der Waals surface area contributed by atoms with Crippen LogP contribution in [0, 0.1) is 0 Å². The minimum atomic E-state index is -0.461. The van der Waals surface area contributed by atoms with Gasteiger partial charge in [-0.15, -0.1) is 0 Å². The first-order chi connectivity index (χ1) is 10.4. The van der Waals surface area contributed by atoms with Crippen LogP contribution in [0.25, 0.3) is 0 Å². The highest BCUT2D eigenvalue weighted by Gasteiger charge is 2.42. The molecule has 5 nitrogen and oxygen atoms in total. The monoisotopic (exact) mass is 306 g/mol. The second-order valence-electron chi connectivity index (χ2n) is 7.46. The van der Waals surface area contributed by atoms with Gasteiger partial charge in [0, 0.05) is 30.1 Å². The molecule has 1 aromatic rings. The number of ether oxygens (including phenoxy) is 1. The molecule has 1 amide bonds. The lowest BCUT2D eigenvalue weighted by Gasteiger charge is -2.44. The van der Waals surface area contributed by atoms with Crippen LogP contribution in [0.3, 0.4) is 0 Å². The molecule has 1 saturated carbocycles. The van der Waals surface area contributed by atoms with E-state index in [2.05, 4.69) is 16.7 Å². The molecule has 2 heterocycles. The van der Waals surface area contributed by atoms with Crippen LogP contribution < -0.4 is 10.6 Å². The molecule has 5 heteroatoms. The molecule has 0 saturated heterocycles. The summed E-state index contributed by atoms with van der Waals surface area (Å²) in [6, 6.07) is 2.22. The Bertz CT molecular complexity index is 546. The van der Waals surface area contributed by atoms with E-state index < -0.39 is 5.60 Å². The number of furan rings is 1. The van der Waals surface area contributed by atoms with Gasteiger partial charge in [-0.2, -0.15) is 0 Å². The molecule has 2 unspecified atom stereocenters. The van der Waals surface area contributed by atoms with Crippen LogP contribution in [0.15, 0.2) is 16.7 Å². The molecule has 2 aliphatic rings. The van der Waals surface area contributed by atoms with Gasteiger partial charge in [0.1, 0.15) is 11.4 Å². The summed E-state index contributed by atoms with van der Waals surface area (Å²) in [6.45, 7) is 6.58. The number of rotatable bonds is 1. The summed E-state index contributed by atoms with van der Waals surface area (Å²) in [6.07, 6.45) is 6.45. The van der Waals surface area contributed by atoms with Gasteiger partial charge in [-0.3, -0.25) is 0 Å². The lowest BCUT2D eigenvalue weighted by molar-refractivity contribution is 0.0470. The van der Waals surface area contributed by atoms with Gasteiger partial charge < -0.3 is 19.8 Å². The third-order valence-corrected chi connectivity index (χ3v) is 4.55. The molecule has 122 valence electrons. The smallest absolute Gasteiger partial charge is 0.407 e. The predicted molar refractivity (Wildman–Crippen MR) is 83.7 cm³/mol. The van der Waals surface area contributed by atoms with Crippen LogP contribution in [0.5, 0.6) is 0 Å². The number of hydrogen-bond donors (Lipinski definition) is 2. The molecule has 1 spiro atoms. The molecule has 2 N–H and O–H groups in total. The quantitative estimate of drug-likeness (QED) is 0.837. The van der Waals surface area contributed by atoms with Crippen molar-refractivity contribution in [1.82, 2.24) is 10.6 Å². The maximum atomic E-state index is 12.0. The van der Waals surface area contributed by atoms with Crippen molar-refractivity contribution in [2.45, 2.75) is 70.1 Å². The average Bonchev–Trinajstić information content (AvgIpc) is 2.86. The van der Waals surface area contributed by atoms with Crippen molar-refractivity contribution in [2.24, 2.45) is 0 Å². The normalized spacial score (nSPS) is 28.2. The summed E-state index contributed by atoms with van der Waals surface area (Å²) >= 11 is 0. The Balaban J connectivity index is 1.69. The maximum Gasteiger partial charge on any atom is 0.407 e. The van der Waals surface area contributed by atoms with Crippen molar-refractivity contribution in [3.05, 3.63) is 23.7 Å². The van der Waals surface area contributed by atoms with Gasteiger partial charge >= 0.3 is 6.09 Å². The molecule has 1 fully saturated rings. The van der Waals surface area contributed by atoms with Crippen molar-refractivity contribution in [2.75, 3.05) is 6.54 Å². The van der Waals surface area contributed by atoms with Crippen molar-refractivity contribution >= 4 is 6.09 Å². The highest BCUT2D eigenvalue weighted by Crippen LogP contribution is 2.41. The van der Waals surface area contributed by atoms with Gasteiger partial charge in [-0.25, -0.2) is 4.79 Å². The molecule has 1 aliphatic carbocycles. The molecule has 0 bridgehead atoms. The molecule has 0 aromatic carbocycles. The summed E-state index contributed by atoms with van der Waals surface area (Å²) in [5.41, 5.74) is 0.755. The second-order valence-corrected chi connectivity index (χ2v) is 7.46. The Morgan fingerprint density at radius 1 is 1.50 bits per heavy atom. The minimum Gasteiger partial charge on any atom is -0.469 e. The predicted octanol–water partition coefficient (Wildman–Crippen LogP) is 3.09. The van der Waals surface area contributed by atoms with Crippen molar-refractivity contribution < 1.29 is 13.9 Å². The zero-order chi connectivity index (χ0) is 15.8. The lowest BCUT2D eigenvalue weighted by Crippen LogP contribution is -2.54. The van der Waals surface area contributed by atoms with E-state index in [1.54, 1.807) is 6.26 Å². The van der Waals surface area contributed by atoms with E-state index >= 15 is 0 Å². The number of carbonyl (C=O) groups is 1. The largest absolute Gasteiger partial charge is 0.469 e. The molecule has 22 heavy (non-hydrogen) atoms. The number of fused-ring (bicyclic) bond motifs is 2. The highest BCUT2D eigenvalue weighted by molar-refractivity contribution is 5.68. The Morgan fingerprint density at radius 2 is 2.32 bits per heavy atom. The van der Waals surface area contributed by atoms with E-state index in [4.69, 9.17) is 9.15 Å². The van der Waals surface area contributed by atoms with Gasteiger partial charge in [0.2, 0.25) is 0 Å². The van der Waals surface area contributed by atoms with Gasteiger partial charge in [-0.05, 0) is 52.5 Å². The molecule has 2 atom stereocenters. The first-order valence-corrected chi connectivity index (χ1v) is 8.19. The van der Waals surface area contributed by atoms with Gasteiger partial charge in [-0.1, -0.05) is 0 Å². The SMILES string of the molecule is CC(C)(C)OC(=O)NC1CCCC2(C1)NCCc1occc12. The third kappa shape index (κ3) is 3.14. The van der Waals surface area contributed by atoms with Crippen LogP contribution in [-0.2, 0) is 16.7 Å². The zero-order valence-electron chi connectivity index (χ0n) is 13.7. The number of hydrogen-bond acceptors (Lipinski definition) is 4. The minimum absolute atomic E-state index is 0.0570. The zero-order valence-corrected chi connectivity index (χ0v) is 13.7. The summed E-state index contributed by atoms with van der Waals surface area (Å²) in [4.78, 5) is 12.0. The van der Waals surface area contributed by atoms with Gasteiger partial charge in [0.25, 0.3) is 0 Å². The number of carbonyl (C=O) groups excluding carboxylic acids is 1. The fourth-order valence-electron chi connectivity index (χ4n) is 3.75. The van der Waals surface area contributed by atoms with Crippen LogP contribution >= 0.6 is 0 Å². The Morgan fingerprint density at radius 3 is 3.09 bits per heavy atom. The van der Waals surface area contributed by atoms with Crippen LogP contribution in [0.4, 0.5) is 4.79 Å². The molecule has 1 aromatic heterocycles. The maximum absolute atomic E-state index is 12.0. The lowest BCUT2D eigenvalue weighted by atomic mass is 9.73. The van der Waals surface area contributed by atoms with Gasteiger partial charge in [0.15, 0.2) is 0 Å². The van der Waals surface area contributed by atoms with E-state index in [0.29, 0.717) is 0 Å². The first kappa shape index (κ1) is 15.4. The fourth-order valence-corrected chi connectivity index (χ4v) is 3.75. The summed E-state index contributed by atoms with van der Waals surface area (Å²) in [5, 5.41) is 6.71. The van der Waals surface area contributed by atoms with E-state index in [9.17, 15) is 4.79 Å². The van der Waals surface area contributed by atoms with E-state index in [-0.39, 0.29) is 17.7 Å². The van der Waals surface area contributed by atoms with E-state index in [0.717, 1.165) is 44.4 Å². The molecule has 3 rings (SSSR count).